The third kappa shape index (κ3) is 4.57. The van der Waals surface area contributed by atoms with Crippen LogP contribution in [0.25, 0.3) is 0 Å². The molecule has 3 heteroatoms. The molecular weight excluding hydrogens is 319 g/mol. The lowest BCUT2D eigenvalue weighted by Gasteiger charge is -2.04. The van der Waals surface area contributed by atoms with Gasteiger partial charge in [-0.1, -0.05) is 46.3 Å². The molecule has 0 amide bonds. The first-order chi connectivity index (χ1) is 9.65. The zero-order valence-electron chi connectivity index (χ0n) is 11.1. The van der Waals surface area contributed by atoms with Crippen LogP contribution in [0.2, 0.25) is 0 Å². The van der Waals surface area contributed by atoms with Gasteiger partial charge in [0.1, 0.15) is 11.6 Å². The summed E-state index contributed by atoms with van der Waals surface area (Å²) in [7, 11) is 0. The quantitative estimate of drug-likeness (QED) is 0.746. The van der Waals surface area contributed by atoms with Crippen molar-refractivity contribution in [1.29, 1.82) is 0 Å². The lowest BCUT2D eigenvalue weighted by molar-refractivity contribution is -0.118. The summed E-state index contributed by atoms with van der Waals surface area (Å²) in [6.45, 7) is 0. The molecule has 0 N–H and O–H groups in total. The maximum atomic E-state index is 13.5. The van der Waals surface area contributed by atoms with Gasteiger partial charge in [0.05, 0.1) is 0 Å². The van der Waals surface area contributed by atoms with Crippen molar-refractivity contribution in [2.45, 2.75) is 25.7 Å². The number of aryl methyl sites for hydroxylation is 1. The van der Waals surface area contributed by atoms with Gasteiger partial charge in [-0.05, 0) is 42.2 Å². The molecule has 0 fully saturated rings. The van der Waals surface area contributed by atoms with Crippen LogP contribution in [0.15, 0.2) is 53.0 Å². The van der Waals surface area contributed by atoms with E-state index >= 15 is 0 Å². The van der Waals surface area contributed by atoms with Crippen LogP contribution in [-0.4, -0.2) is 5.78 Å². The van der Waals surface area contributed by atoms with Crippen LogP contribution in [-0.2, 0) is 17.6 Å². The Bertz CT molecular complexity index is 581. The molecule has 1 nitrogen and oxygen atoms in total. The Morgan fingerprint density at radius 2 is 1.85 bits per heavy atom. The summed E-state index contributed by atoms with van der Waals surface area (Å²) in [5.41, 5.74) is 1.69. The minimum Gasteiger partial charge on any atom is -0.299 e. The minimum atomic E-state index is -0.315. The van der Waals surface area contributed by atoms with E-state index in [0.717, 1.165) is 17.3 Å². The summed E-state index contributed by atoms with van der Waals surface area (Å²) in [6, 6.07) is 14.8. The molecule has 0 spiro atoms. The third-order valence-corrected chi connectivity index (χ3v) is 3.65. The second kappa shape index (κ2) is 7.34. The van der Waals surface area contributed by atoms with Crippen LogP contribution < -0.4 is 0 Å². The molecule has 2 aromatic carbocycles. The first kappa shape index (κ1) is 14.9. The molecule has 104 valence electrons. The Balaban J connectivity index is 1.82. The number of ketones is 1. The van der Waals surface area contributed by atoms with Crippen molar-refractivity contribution in [2.24, 2.45) is 0 Å². The predicted octanol–water partition coefficient (Wildman–Crippen LogP) is 4.72. The average Bonchev–Trinajstić information content (AvgIpc) is 2.44. The van der Waals surface area contributed by atoms with E-state index in [4.69, 9.17) is 0 Å². The molecule has 0 atom stereocenters. The van der Waals surface area contributed by atoms with Gasteiger partial charge in [0.25, 0.3) is 0 Å². The topological polar surface area (TPSA) is 17.1 Å². The summed E-state index contributed by atoms with van der Waals surface area (Å²) >= 11 is 3.29. The van der Waals surface area contributed by atoms with E-state index < -0.39 is 0 Å². The number of Topliss-reactive ketones (excluding diaryl/α,β-unsaturated/α-hetero) is 1. The summed E-state index contributed by atoms with van der Waals surface area (Å²) in [4.78, 5) is 11.9. The molecule has 0 aromatic heterocycles. The van der Waals surface area contributed by atoms with Crippen LogP contribution in [0.5, 0.6) is 0 Å². The van der Waals surface area contributed by atoms with Gasteiger partial charge in [-0.25, -0.2) is 4.39 Å². The number of hydrogen-bond acceptors (Lipinski definition) is 1. The highest BCUT2D eigenvalue weighted by Gasteiger charge is 2.09. The number of carbonyl (C=O) groups excluding carboxylic acids is 1. The van der Waals surface area contributed by atoms with Crippen molar-refractivity contribution in [3.05, 3.63) is 69.9 Å². The molecule has 0 bridgehead atoms. The summed E-state index contributed by atoms with van der Waals surface area (Å²) in [5, 5.41) is 0. The molecular formula is C17H16BrFO. The predicted molar refractivity (Wildman–Crippen MR) is 82.2 cm³/mol. The molecule has 20 heavy (non-hydrogen) atoms. The Hall–Kier alpha value is -1.48. The lowest BCUT2D eigenvalue weighted by atomic mass is 10.0. The minimum absolute atomic E-state index is 0.0814. The molecule has 0 aliphatic carbocycles. The van der Waals surface area contributed by atoms with Crippen LogP contribution >= 0.6 is 15.9 Å². The zero-order chi connectivity index (χ0) is 14.4. The van der Waals surface area contributed by atoms with E-state index in [2.05, 4.69) is 28.1 Å². The fraction of sp³-hybridized carbons (Fsp3) is 0.235. The fourth-order valence-corrected chi connectivity index (χ4v) is 2.52. The average molecular weight is 335 g/mol. The molecule has 2 rings (SSSR count). The summed E-state index contributed by atoms with van der Waals surface area (Å²) in [5.74, 6) is -0.234. The van der Waals surface area contributed by atoms with E-state index in [1.54, 1.807) is 12.1 Å². The highest BCUT2D eigenvalue weighted by atomic mass is 79.9. The first-order valence-electron chi connectivity index (χ1n) is 6.65. The standard InChI is InChI=1S/C17H16BrFO/c18-15-9-10-17(19)14(11-15)12-16(20)8-4-7-13-5-2-1-3-6-13/h1-3,5-6,9-11H,4,7-8,12H2. The largest absolute Gasteiger partial charge is 0.299 e. The summed E-state index contributed by atoms with van der Waals surface area (Å²) in [6.07, 6.45) is 2.34. The van der Waals surface area contributed by atoms with Gasteiger partial charge in [0, 0.05) is 17.3 Å². The smallest absolute Gasteiger partial charge is 0.137 e. The number of hydrogen-bond donors (Lipinski definition) is 0. The molecule has 2 aromatic rings. The number of rotatable bonds is 6. The van der Waals surface area contributed by atoms with Gasteiger partial charge in [-0.3, -0.25) is 4.79 Å². The molecule has 0 saturated heterocycles. The zero-order valence-corrected chi connectivity index (χ0v) is 12.7. The number of benzene rings is 2. The Morgan fingerprint density at radius 1 is 1.10 bits per heavy atom. The van der Waals surface area contributed by atoms with Gasteiger partial charge >= 0.3 is 0 Å². The van der Waals surface area contributed by atoms with Crippen LogP contribution in [0.4, 0.5) is 4.39 Å². The van der Waals surface area contributed by atoms with Crippen molar-refractivity contribution in [2.75, 3.05) is 0 Å². The molecule has 0 unspecified atom stereocenters. The van der Waals surface area contributed by atoms with Crippen molar-refractivity contribution in [3.8, 4) is 0 Å². The number of carbonyl (C=O) groups is 1. The SMILES string of the molecule is O=C(CCCc1ccccc1)Cc1cc(Br)ccc1F. The maximum absolute atomic E-state index is 13.5. The third-order valence-electron chi connectivity index (χ3n) is 3.16. The Morgan fingerprint density at radius 3 is 2.60 bits per heavy atom. The van der Waals surface area contributed by atoms with Gasteiger partial charge in [-0.15, -0.1) is 0 Å². The van der Waals surface area contributed by atoms with E-state index in [0.29, 0.717) is 12.0 Å². The van der Waals surface area contributed by atoms with Gasteiger partial charge in [0.15, 0.2) is 0 Å². The lowest BCUT2D eigenvalue weighted by Crippen LogP contribution is -2.05. The molecule has 0 aliphatic rings. The van der Waals surface area contributed by atoms with Crippen LogP contribution in [0, 0.1) is 5.82 Å². The molecule has 0 heterocycles. The van der Waals surface area contributed by atoms with Gasteiger partial charge < -0.3 is 0 Å². The maximum Gasteiger partial charge on any atom is 0.137 e. The van der Waals surface area contributed by atoms with E-state index in [1.165, 1.54) is 11.6 Å². The van der Waals surface area contributed by atoms with E-state index in [9.17, 15) is 9.18 Å². The molecule has 0 radical (unpaired) electrons. The van der Waals surface area contributed by atoms with Crippen molar-refractivity contribution < 1.29 is 9.18 Å². The Kier molecular flexibility index (Phi) is 5.48. The van der Waals surface area contributed by atoms with Gasteiger partial charge in [-0.2, -0.15) is 0 Å². The van der Waals surface area contributed by atoms with Crippen molar-refractivity contribution >= 4 is 21.7 Å². The fourth-order valence-electron chi connectivity index (χ4n) is 2.11. The molecule has 0 aliphatic heterocycles. The molecule has 0 saturated carbocycles. The highest BCUT2D eigenvalue weighted by molar-refractivity contribution is 9.10. The van der Waals surface area contributed by atoms with Gasteiger partial charge in [0.2, 0.25) is 0 Å². The summed E-state index contributed by atoms with van der Waals surface area (Å²) < 4.78 is 14.3. The Labute approximate surface area is 127 Å². The monoisotopic (exact) mass is 334 g/mol. The van der Waals surface area contributed by atoms with E-state index in [1.807, 2.05) is 18.2 Å². The highest BCUT2D eigenvalue weighted by Crippen LogP contribution is 2.17. The number of halogens is 2. The normalized spacial score (nSPS) is 10.5. The first-order valence-corrected chi connectivity index (χ1v) is 7.44. The van der Waals surface area contributed by atoms with E-state index in [-0.39, 0.29) is 18.0 Å². The second-order valence-electron chi connectivity index (χ2n) is 4.79. The van der Waals surface area contributed by atoms with Crippen LogP contribution in [0.3, 0.4) is 0 Å². The van der Waals surface area contributed by atoms with Crippen LogP contribution in [0.1, 0.15) is 24.0 Å². The second-order valence-corrected chi connectivity index (χ2v) is 5.71. The van der Waals surface area contributed by atoms with Crippen molar-refractivity contribution in [3.63, 3.8) is 0 Å². The van der Waals surface area contributed by atoms with Crippen molar-refractivity contribution in [1.82, 2.24) is 0 Å².